The fraction of sp³-hybridized carbons (Fsp3) is 0.312. The zero-order valence-corrected chi connectivity index (χ0v) is 11.3. The summed E-state index contributed by atoms with van der Waals surface area (Å²) < 4.78 is 5.39. The van der Waals surface area contributed by atoms with E-state index in [0.29, 0.717) is 11.9 Å². The first-order chi connectivity index (χ1) is 9.31. The lowest BCUT2D eigenvalue weighted by atomic mass is 9.88. The lowest BCUT2D eigenvalue weighted by Crippen LogP contribution is -2.28. The third kappa shape index (κ3) is 2.10. The van der Waals surface area contributed by atoms with Crippen LogP contribution in [0.25, 0.3) is 11.1 Å². The van der Waals surface area contributed by atoms with Crippen molar-refractivity contribution >= 4 is 0 Å². The predicted molar refractivity (Wildman–Crippen MR) is 76.3 cm³/mol. The number of fused-ring (bicyclic) bond motifs is 1. The van der Waals surface area contributed by atoms with E-state index in [9.17, 15) is 0 Å². The van der Waals surface area contributed by atoms with Crippen molar-refractivity contribution in [1.29, 1.82) is 0 Å². The molecule has 1 aromatic carbocycles. The molecule has 0 fully saturated rings. The van der Waals surface area contributed by atoms with Gasteiger partial charge < -0.3 is 10.1 Å². The van der Waals surface area contributed by atoms with Gasteiger partial charge in [0.05, 0.1) is 7.11 Å². The van der Waals surface area contributed by atoms with Crippen molar-refractivity contribution < 1.29 is 4.74 Å². The number of hydrogen-bond donors (Lipinski definition) is 1. The van der Waals surface area contributed by atoms with Crippen LogP contribution in [-0.2, 0) is 6.42 Å². The summed E-state index contributed by atoms with van der Waals surface area (Å²) in [6.07, 6.45) is 2.82. The van der Waals surface area contributed by atoms with Crippen LogP contribution in [-0.4, -0.2) is 18.6 Å². The maximum absolute atomic E-state index is 5.39. The summed E-state index contributed by atoms with van der Waals surface area (Å²) in [6, 6.07) is 10.9. The van der Waals surface area contributed by atoms with Crippen molar-refractivity contribution in [3.8, 4) is 17.0 Å². The van der Waals surface area contributed by atoms with Gasteiger partial charge in [0.15, 0.2) is 0 Å². The predicted octanol–water partition coefficient (Wildman–Crippen LogP) is 2.96. The highest BCUT2D eigenvalue weighted by Crippen LogP contribution is 2.35. The average molecular weight is 254 g/mol. The minimum Gasteiger partial charge on any atom is -0.481 e. The first-order valence-corrected chi connectivity index (χ1v) is 6.66. The molecule has 3 heteroatoms. The summed E-state index contributed by atoms with van der Waals surface area (Å²) in [5, 5.41) is 3.50. The fourth-order valence-electron chi connectivity index (χ4n) is 2.82. The third-order valence-electron chi connectivity index (χ3n) is 3.76. The van der Waals surface area contributed by atoms with Gasteiger partial charge >= 0.3 is 0 Å². The van der Waals surface area contributed by atoms with Crippen LogP contribution < -0.4 is 10.1 Å². The molecule has 1 N–H and O–H groups in total. The molecule has 3 rings (SSSR count). The van der Waals surface area contributed by atoms with Gasteiger partial charge in [-0.05, 0) is 48.7 Å². The second-order valence-corrected chi connectivity index (χ2v) is 4.86. The second-order valence-electron chi connectivity index (χ2n) is 4.86. The summed E-state index contributed by atoms with van der Waals surface area (Å²) >= 11 is 0. The molecule has 98 valence electrons. The Morgan fingerprint density at radius 2 is 2.05 bits per heavy atom. The normalized spacial score (nSPS) is 17.9. The van der Waals surface area contributed by atoms with E-state index in [2.05, 4.69) is 41.5 Å². The molecular weight excluding hydrogens is 236 g/mol. The summed E-state index contributed by atoms with van der Waals surface area (Å²) in [7, 11) is 1.67. The van der Waals surface area contributed by atoms with E-state index in [4.69, 9.17) is 4.74 Å². The van der Waals surface area contributed by atoms with Gasteiger partial charge in [-0.3, -0.25) is 0 Å². The molecule has 2 aromatic rings. The molecule has 0 radical (unpaired) electrons. The van der Waals surface area contributed by atoms with E-state index in [0.717, 1.165) is 18.5 Å². The number of benzene rings is 1. The summed E-state index contributed by atoms with van der Waals surface area (Å²) in [5.41, 5.74) is 5.13. The molecule has 2 heterocycles. The minimum absolute atomic E-state index is 0.409. The van der Waals surface area contributed by atoms with Gasteiger partial charge in [0.25, 0.3) is 0 Å². The number of rotatable bonds is 2. The number of ether oxygens (including phenoxy) is 1. The fourth-order valence-corrected chi connectivity index (χ4v) is 2.82. The smallest absolute Gasteiger partial charge is 0.221 e. The molecule has 0 spiro atoms. The van der Waals surface area contributed by atoms with Gasteiger partial charge in [-0.1, -0.05) is 18.2 Å². The highest BCUT2D eigenvalue weighted by Gasteiger charge is 2.20. The quantitative estimate of drug-likeness (QED) is 0.894. The van der Waals surface area contributed by atoms with Crippen LogP contribution in [0.15, 0.2) is 36.5 Å². The third-order valence-corrected chi connectivity index (χ3v) is 3.76. The molecule has 1 aromatic heterocycles. The Labute approximate surface area is 113 Å². The molecular formula is C16H18N2O. The zero-order valence-electron chi connectivity index (χ0n) is 11.3. The van der Waals surface area contributed by atoms with Gasteiger partial charge in [-0.15, -0.1) is 0 Å². The molecule has 1 aliphatic heterocycles. The van der Waals surface area contributed by atoms with Crippen LogP contribution in [0.4, 0.5) is 0 Å². The zero-order chi connectivity index (χ0) is 13.2. The maximum atomic E-state index is 5.39. The molecule has 1 aliphatic rings. The van der Waals surface area contributed by atoms with Crippen LogP contribution in [0.5, 0.6) is 5.88 Å². The molecule has 0 aliphatic carbocycles. The first kappa shape index (κ1) is 12.2. The van der Waals surface area contributed by atoms with Crippen molar-refractivity contribution in [2.24, 2.45) is 0 Å². The van der Waals surface area contributed by atoms with E-state index in [-0.39, 0.29) is 0 Å². The monoisotopic (exact) mass is 254 g/mol. The molecule has 1 unspecified atom stereocenters. The molecule has 0 saturated heterocycles. The number of aromatic nitrogens is 1. The Morgan fingerprint density at radius 1 is 1.21 bits per heavy atom. The van der Waals surface area contributed by atoms with E-state index >= 15 is 0 Å². The van der Waals surface area contributed by atoms with Gasteiger partial charge in [0, 0.05) is 17.8 Å². The molecule has 0 saturated carbocycles. The lowest BCUT2D eigenvalue weighted by Gasteiger charge is -2.26. The van der Waals surface area contributed by atoms with Crippen LogP contribution in [0.3, 0.4) is 0 Å². The Morgan fingerprint density at radius 3 is 2.89 bits per heavy atom. The van der Waals surface area contributed by atoms with Crippen molar-refractivity contribution in [1.82, 2.24) is 10.3 Å². The topological polar surface area (TPSA) is 34.1 Å². The standard InChI is InChI=1S/C16H18N2O/c1-11-12-5-3-6-13(14(12)8-10-17-11)15-7-4-9-18-16(15)19-2/h3-7,9,11,17H,8,10H2,1-2H3. The molecule has 19 heavy (non-hydrogen) atoms. The van der Waals surface area contributed by atoms with Crippen molar-refractivity contribution in [2.45, 2.75) is 19.4 Å². The minimum atomic E-state index is 0.409. The van der Waals surface area contributed by atoms with Gasteiger partial charge in [0.1, 0.15) is 0 Å². The Kier molecular flexibility index (Phi) is 3.22. The van der Waals surface area contributed by atoms with E-state index in [1.54, 1.807) is 13.3 Å². The number of pyridine rings is 1. The first-order valence-electron chi connectivity index (χ1n) is 6.66. The average Bonchev–Trinajstić information content (AvgIpc) is 2.47. The van der Waals surface area contributed by atoms with Gasteiger partial charge in [-0.2, -0.15) is 0 Å². The molecule has 1 atom stereocenters. The highest BCUT2D eigenvalue weighted by atomic mass is 16.5. The lowest BCUT2D eigenvalue weighted by molar-refractivity contribution is 0.399. The summed E-state index contributed by atoms with van der Waals surface area (Å²) in [5.74, 6) is 0.696. The van der Waals surface area contributed by atoms with Crippen LogP contribution in [0.2, 0.25) is 0 Å². The van der Waals surface area contributed by atoms with Crippen LogP contribution in [0.1, 0.15) is 24.1 Å². The van der Waals surface area contributed by atoms with Crippen LogP contribution >= 0.6 is 0 Å². The largest absolute Gasteiger partial charge is 0.481 e. The van der Waals surface area contributed by atoms with E-state index in [1.165, 1.54) is 16.7 Å². The Hall–Kier alpha value is -1.87. The molecule has 0 bridgehead atoms. The molecule has 3 nitrogen and oxygen atoms in total. The summed E-state index contributed by atoms with van der Waals surface area (Å²) in [6.45, 7) is 3.23. The Balaban J connectivity index is 2.18. The Bertz CT molecular complexity index is 595. The number of nitrogens with zero attached hydrogens (tertiary/aromatic N) is 1. The van der Waals surface area contributed by atoms with Gasteiger partial charge in [0.2, 0.25) is 5.88 Å². The highest BCUT2D eigenvalue weighted by molar-refractivity contribution is 5.73. The second kappa shape index (κ2) is 5.02. The number of nitrogens with one attached hydrogen (secondary N) is 1. The number of methoxy groups -OCH3 is 1. The van der Waals surface area contributed by atoms with Crippen molar-refractivity contribution in [3.63, 3.8) is 0 Å². The van der Waals surface area contributed by atoms with E-state index in [1.807, 2.05) is 6.07 Å². The summed E-state index contributed by atoms with van der Waals surface area (Å²) in [4.78, 5) is 4.30. The van der Waals surface area contributed by atoms with Gasteiger partial charge in [-0.25, -0.2) is 4.98 Å². The molecule has 0 amide bonds. The maximum Gasteiger partial charge on any atom is 0.221 e. The van der Waals surface area contributed by atoms with E-state index < -0.39 is 0 Å². The number of hydrogen-bond acceptors (Lipinski definition) is 3. The van der Waals surface area contributed by atoms with Crippen LogP contribution in [0, 0.1) is 0 Å². The van der Waals surface area contributed by atoms with Crippen molar-refractivity contribution in [3.05, 3.63) is 47.7 Å². The SMILES string of the molecule is COc1ncccc1-c1cccc2c1CCNC2C. The van der Waals surface area contributed by atoms with Crippen molar-refractivity contribution in [2.75, 3.05) is 13.7 Å².